The Morgan fingerprint density at radius 3 is 2.68 bits per heavy atom. The van der Waals surface area contributed by atoms with Gasteiger partial charge in [-0.25, -0.2) is 0 Å². The number of hydrogen-bond acceptors (Lipinski definition) is 4. The lowest BCUT2D eigenvalue weighted by molar-refractivity contribution is 0.0573. The van der Waals surface area contributed by atoms with Crippen LogP contribution in [-0.4, -0.2) is 44.2 Å². The van der Waals surface area contributed by atoms with Gasteiger partial charge in [-0.3, -0.25) is 4.79 Å². The molecule has 2 N–H and O–H groups in total. The smallest absolute Gasteiger partial charge is 0.254 e. The molecule has 1 aliphatic heterocycles. The molecular weight excluding hydrogens is 340 g/mol. The van der Waals surface area contributed by atoms with E-state index in [1.807, 2.05) is 11.0 Å². The third-order valence-electron chi connectivity index (χ3n) is 4.68. The van der Waals surface area contributed by atoms with Crippen LogP contribution in [0.3, 0.4) is 0 Å². The van der Waals surface area contributed by atoms with Crippen LogP contribution < -0.4 is 15.2 Å². The lowest BCUT2D eigenvalue weighted by Gasteiger charge is -2.38. The molecule has 1 amide bonds. The molecule has 1 aromatic carbocycles. The number of benzene rings is 1. The van der Waals surface area contributed by atoms with Gasteiger partial charge in [-0.15, -0.1) is 19.0 Å². The van der Waals surface area contributed by atoms with Gasteiger partial charge in [0.1, 0.15) is 0 Å². The third-order valence-corrected chi connectivity index (χ3v) is 4.68. The molecule has 0 bridgehead atoms. The minimum absolute atomic E-state index is 0. The maximum atomic E-state index is 13.0. The lowest BCUT2D eigenvalue weighted by atomic mass is 9.91. The predicted molar refractivity (Wildman–Crippen MR) is 103 cm³/mol. The summed E-state index contributed by atoms with van der Waals surface area (Å²) >= 11 is 0. The van der Waals surface area contributed by atoms with Crippen molar-refractivity contribution in [1.29, 1.82) is 0 Å². The van der Waals surface area contributed by atoms with Crippen LogP contribution in [0.2, 0.25) is 0 Å². The highest BCUT2D eigenvalue weighted by Crippen LogP contribution is 2.34. The van der Waals surface area contributed by atoms with Gasteiger partial charge in [-0.1, -0.05) is 13.0 Å². The SMILES string of the molecule is C=CCc1cc(C(=O)N2CCC(C)CC2CN)cc(OC)c1OC.Cl. The average molecular weight is 369 g/mol. The number of halogens is 1. The molecule has 2 rings (SSSR count). The lowest BCUT2D eigenvalue weighted by Crippen LogP contribution is -2.49. The molecule has 2 atom stereocenters. The van der Waals surface area contributed by atoms with E-state index in [4.69, 9.17) is 15.2 Å². The van der Waals surface area contributed by atoms with E-state index in [0.717, 1.165) is 24.9 Å². The second kappa shape index (κ2) is 9.68. The number of carbonyl (C=O) groups is 1. The number of methoxy groups -OCH3 is 2. The van der Waals surface area contributed by atoms with Gasteiger partial charge in [0, 0.05) is 30.3 Å². The highest BCUT2D eigenvalue weighted by molar-refractivity contribution is 5.95. The van der Waals surface area contributed by atoms with Crippen LogP contribution in [0.4, 0.5) is 0 Å². The van der Waals surface area contributed by atoms with Crippen molar-refractivity contribution in [3.63, 3.8) is 0 Å². The van der Waals surface area contributed by atoms with Crippen molar-refractivity contribution in [2.45, 2.75) is 32.2 Å². The molecule has 1 saturated heterocycles. The number of allylic oxidation sites excluding steroid dienone is 1. The molecule has 1 aliphatic rings. The molecule has 2 unspecified atom stereocenters. The van der Waals surface area contributed by atoms with Crippen molar-refractivity contribution in [1.82, 2.24) is 4.90 Å². The number of hydrogen-bond donors (Lipinski definition) is 1. The second-order valence-electron chi connectivity index (χ2n) is 6.38. The first-order chi connectivity index (χ1) is 11.5. The number of nitrogens with zero attached hydrogens (tertiary/aromatic N) is 1. The number of nitrogens with two attached hydrogens (primary N) is 1. The minimum atomic E-state index is 0. The molecule has 140 valence electrons. The minimum Gasteiger partial charge on any atom is -0.493 e. The predicted octanol–water partition coefficient (Wildman–Crippen LogP) is 3.05. The maximum absolute atomic E-state index is 13.0. The highest BCUT2D eigenvalue weighted by Gasteiger charge is 2.30. The van der Waals surface area contributed by atoms with E-state index in [1.165, 1.54) is 0 Å². The number of rotatable bonds is 6. The first kappa shape index (κ1) is 21.3. The Morgan fingerprint density at radius 2 is 2.12 bits per heavy atom. The highest BCUT2D eigenvalue weighted by atomic mass is 35.5. The van der Waals surface area contributed by atoms with Gasteiger partial charge in [0.05, 0.1) is 14.2 Å². The van der Waals surface area contributed by atoms with Crippen LogP contribution in [0.5, 0.6) is 11.5 Å². The fourth-order valence-electron chi connectivity index (χ4n) is 3.38. The molecule has 0 aliphatic carbocycles. The van der Waals surface area contributed by atoms with Gasteiger partial charge in [0.15, 0.2) is 11.5 Å². The zero-order valence-corrected chi connectivity index (χ0v) is 16.1. The maximum Gasteiger partial charge on any atom is 0.254 e. The molecule has 0 spiro atoms. The van der Waals surface area contributed by atoms with E-state index < -0.39 is 0 Å². The standard InChI is InChI=1S/C19H28N2O3.ClH/c1-5-6-14-10-15(11-17(23-3)18(14)24-4)19(22)21-8-7-13(2)9-16(21)12-20;/h5,10-11,13,16H,1,6-9,12,20H2,2-4H3;1H. The molecule has 0 saturated carbocycles. The van der Waals surface area contributed by atoms with Crippen LogP contribution in [0.25, 0.3) is 0 Å². The normalized spacial score (nSPS) is 19.8. The summed E-state index contributed by atoms with van der Waals surface area (Å²) in [4.78, 5) is 14.9. The van der Waals surface area contributed by atoms with Crippen molar-refractivity contribution in [2.75, 3.05) is 27.3 Å². The van der Waals surface area contributed by atoms with Crippen LogP contribution in [0.15, 0.2) is 24.8 Å². The average Bonchev–Trinajstić information content (AvgIpc) is 2.60. The Bertz CT molecular complexity index is 607. The summed E-state index contributed by atoms with van der Waals surface area (Å²) in [5, 5.41) is 0. The Balaban J connectivity index is 0.00000312. The quantitative estimate of drug-likeness (QED) is 0.784. The molecule has 6 heteroatoms. The van der Waals surface area contributed by atoms with Crippen molar-refractivity contribution >= 4 is 18.3 Å². The number of ether oxygens (including phenoxy) is 2. The Kier molecular flexibility index (Phi) is 8.26. The van der Waals surface area contributed by atoms with E-state index in [0.29, 0.717) is 35.9 Å². The van der Waals surface area contributed by atoms with E-state index in [2.05, 4.69) is 13.5 Å². The van der Waals surface area contributed by atoms with Crippen molar-refractivity contribution < 1.29 is 14.3 Å². The Morgan fingerprint density at radius 1 is 1.40 bits per heavy atom. The van der Waals surface area contributed by atoms with Gasteiger partial charge < -0.3 is 20.1 Å². The largest absolute Gasteiger partial charge is 0.493 e. The molecule has 1 fully saturated rings. The van der Waals surface area contributed by atoms with Crippen LogP contribution in [0.1, 0.15) is 35.7 Å². The third kappa shape index (κ3) is 4.67. The summed E-state index contributed by atoms with van der Waals surface area (Å²) in [5.74, 6) is 1.82. The van der Waals surface area contributed by atoms with E-state index in [1.54, 1.807) is 26.4 Å². The molecule has 25 heavy (non-hydrogen) atoms. The van der Waals surface area contributed by atoms with Gasteiger partial charge in [-0.05, 0) is 37.3 Å². The fourth-order valence-corrected chi connectivity index (χ4v) is 3.38. The summed E-state index contributed by atoms with van der Waals surface area (Å²) in [6.07, 6.45) is 4.36. The van der Waals surface area contributed by atoms with Crippen LogP contribution in [0, 0.1) is 5.92 Å². The van der Waals surface area contributed by atoms with Gasteiger partial charge >= 0.3 is 0 Å². The van der Waals surface area contributed by atoms with Crippen molar-refractivity contribution in [3.05, 3.63) is 35.9 Å². The van der Waals surface area contributed by atoms with E-state index in [9.17, 15) is 4.79 Å². The van der Waals surface area contributed by atoms with Gasteiger partial charge in [0.2, 0.25) is 0 Å². The first-order valence-electron chi connectivity index (χ1n) is 8.42. The van der Waals surface area contributed by atoms with Crippen LogP contribution in [-0.2, 0) is 6.42 Å². The molecule has 1 aromatic rings. The number of amides is 1. The Labute approximate surface area is 156 Å². The zero-order chi connectivity index (χ0) is 17.7. The van der Waals surface area contributed by atoms with Gasteiger partial charge in [-0.2, -0.15) is 0 Å². The number of carbonyl (C=O) groups excluding carboxylic acids is 1. The molecule has 0 radical (unpaired) electrons. The fraction of sp³-hybridized carbons (Fsp3) is 0.526. The van der Waals surface area contributed by atoms with Gasteiger partial charge in [0.25, 0.3) is 5.91 Å². The molecule has 0 aromatic heterocycles. The summed E-state index contributed by atoms with van der Waals surface area (Å²) in [6.45, 7) is 7.22. The summed E-state index contributed by atoms with van der Waals surface area (Å²) in [7, 11) is 3.18. The number of likely N-dealkylation sites (tertiary alicyclic amines) is 1. The molecule has 1 heterocycles. The molecule has 5 nitrogen and oxygen atoms in total. The second-order valence-corrected chi connectivity index (χ2v) is 6.38. The Hall–Kier alpha value is -1.72. The summed E-state index contributed by atoms with van der Waals surface area (Å²) < 4.78 is 10.9. The van der Waals surface area contributed by atoms with Crippen molar-refractivity contribution in [3.8, 4) is 11.5 Å². The van der Waals surface area contributed by atoms with E-state index >= 15 is 0 Å². The molecular formula is C19H29ClN2O3. The summed E-state index contributed by atoms with van der Waals surface area (Å²) in [5.41, 5.74) is 7.40. The van der Waals surface area contributed by atoms with E-state index in [-0.39, 0.29) is 24.4 Å². The number of piperidine rings is 1. The first-order valence-corrected chi connectivity index (χ1v) is 8.42. The van der Waals surface area contributed by atoms with Crippen LogP contribution >= 0.6 is 12.4 Å². The van der Waals surface area contributed by atoms with Crippen molar-refractivity contribution in [2.24, 2.45) is 11.7 Å². The monoisotopic (exact) mass is 368 g/mol. The topological polar surface area (TPSA) is 64.8 Å². The zero-order valence-electron chi connectivity index (χ0n) is 15.3. The summed E-state index contributed by atoms with van der Waals surface area (Å²) in [6, 6.07) is 3.72.